The summed E-state index contributed by atoms with van der Waals surface area (Å²) in [6.45, 7) is 1.94. The van der Waals surface area contributed by atoms with Crippen LogP contribution in [0.3, 0.4) is 0 Å². The topological polar surface area (TPSA) is 17.1 Å². The van der Waals surface area contributed by atoms with E-state index in [1.54, 1.807) is 11.8 Å². The van der Waals surface area contributed by atoms with Gasteiger partial charge in [0.25, 0.3) is 0 Å². The Balaban J connectivity index is 2.19. The quantitative estimate of drug-likeness (QED) is 0.537. The van der Waals surface area contributed by atoms with Crippen LogP contribution in [-0.2, 0) is 4.79 Å². The molecule has 0 N–H and O–H groups in total. The monoisotopic (exact) mass is 220 g/mol. The van der Waals surface area contributed by atoms with Gasteiger partial charge in [-0.25, -0.2) is 0 Å². The molecule has 0 aliphatic carbocycles. The smallest absolute Gasteiger partial charge is 0.137 e. The molecule has 0 spiro atoms. The molecule has 0 unspecified atom stereocenters. The van der Waals surface area contributed by atoms with Gasteiger partial charge in [-0.3, -0.25) is 4.79 Å². The molecule has 1 rings (SSSR count). The third-order valence-electron chi connectivity index (χ3n) is 1.97. The van der Waals surface area contributed by atoms with E-state index in [-0.39, 0.29) is 0 Å². The van der Waals surface area contributed by atoms with Gasteiger partial charge < -0.3 is 0 Å². The molecule has 2 heteroatoms. The van der Waals surface area contributed by atoms with Gasteiger partial charge in [-0.05, 0) is 19.1 Å². The maximum Gasteiger partial charge on any atom is 0.137 e. The molecule has 0 radical (unpaired) electrons. The fraction of sp³-hybridized carbons (Fsp3) is 0.308. The van der Waals surface area contributed by atoms with Gasteiger partial charge in [0.2, 0.25) is 0 Å². The first kappa shape index (κ1) is 12.1. The summed E-state index contributed by atoms with van der Waals surface area (Å²) in [5, 5.41) is 0. The van der Waals surface area contributed by atoms with E-state index >= 15 is 0 Å². The van der Waals surface area contributed by atoms with Crippen molar-refractivity contribution >= 4 is 17.5 Å². The molecule has 0 heterocycles. The Morgan fingerprint density at radius 3 is 2.73 bits per heavy atom. The molecular weight excluding hydrogens is 204 g/mol. The van der Waals surface area contributed by atoms with E-state index in [1.165, 1.54) is 4.90 Å². The molecule has 80 valence electrons. The molecule has 0 aromatic heterocycles. The van der Waals surface area contributed by atoms with Gasteiger partial charge in [0, 0.05) is 23.5 Å². The number of Topliss-reactive ketones (excluding diaryl/α,β-unsaturated/α-hetero) is 1. The Morgan fingerprint density at radius 1 is 1.33 bits per heavy atom. The number of hydrogen-bond acceptors (Lipinski definition) is 2. The molecule has 0 fully saturated rings. The lowest BCUT2D eigenvalue weighted by Crippen LogP contribution is -1.96. The third-order valence-corrected chi connectivity index (χ3v) is 2.99. The van der Waals surface area contributed by atoms with Crippen LogP contribution in [0.25, 0.3) is 0 Å². The second-order valence-electron chi connectivity index (χ2n) is 3.22. The second-order valence-corrected chi connectivity index (χ2v) is 4.39. The molecule has 0 atom stereocenters. The van der Waals surface area contributed by atoms with Crippen LogP contribution in [0.5, 0.6) is 0 Å². The Hall–Kier alpha value is -1.02. The average Bonchev–Trinajstić information content (AvgIpc) is 2.28. The van der Waals surface area contributed by atoms with Gasteiger partial charge >= 0.3 is 0 Å². The van der Waals surface area contributed by atoms with Crippen LogP contribution in [0.1, 0.15) is 19.8 Å². The third kappa shape index (κ3) is 5.43. The predicted octanol–water partition coefficient (Wildman–Crippen LogP) is 3.70. The van der Waals surface area contributed by atoms with Crippen molar-refractivity contribution in [2.24, 2.45) is 0 Å². The highest BCUT2D eigenvalue weighted by Crippen LogP contribution is 2.17. The van der Waals surface area contributed by atoms with Gasteiger partial charge in [-0.2, -0.15) is 0 Å². The summed E-state index contributed by atoms with van der Waals surface area (Å²) in [5.74, 6) is 1.19. The van der Waals surface area contributed by atoms with Gasteiger partial charge in [-0.1, -0.05) is 30.4 Å². The standard InChI is InChI=1S/C13H16OS/c1-2-3-7-12(14)10-11-15-13-8-5-4-6-9-13/h2-6,8-9H,7,10-11H2,1H3/b3-2+. The first-order chi connectivity index (χ1) is 7.33. The van der Waals surface area contributed by atoms with Crippen LogP contribution < -0.4 is 0 Å². The molecule has 0 amide bonds. The number of allylic oxidation sites excluding steroid dienone is 2. The maximum absolute atomic E-state index is 11.3. The molecule has 0 aliphatic heterocycles. The summed E-state index contributed by atoms with van der Waals surface area (Å²) in [6, 6.07) is 10.2. The minimum absolute atomic E-state index is 0.316. The fourth-order valence-electron chi connectivity index (χ4n) is 1.15. The van der Waals surface area contributed by atoms with E-state index in [0.29, 0.717) is 18.6 Å². The minimum atomic E-state index is 0.316. The van der Waals surface area contributed by atoms with Gasteiger partial charge in [0.1, 0.15) is 5.78 Å². The van der Waals surface area contributed by atoms with E-state index in [9.17, 15) is 4.79 Å². The molecule has 0 bridgehead atoms. The van der Waals surface area contributed by atoms with Crippen molar-refractivity contribution in [3.63, 3.8) is 0 Å². The van der Waals surface area contributed by atoms with Crippen LogP contribution in [0.4, 0.5) is 0 Å². The van der Waals surface area contributed by atoms with Gasteiger partial charge in [0.05, 0.1) is 0 Å². The van der Waals surface area contributed by atoms with Crippen molar-refractivity contribution in [3.8, 4) is 0 Å². The van der Waals surface area contributed by atoms with Crippen LogP contribution in [-0.4, -0.2) is 11.5 Å². The fourth-order valence-corrected chi connectivity index (χ4v) is 2.07. The average molecular weight is 220 g/mol. The number of thioether (sulfide) groups is 1. The lowest BCUT2D eigenvalue weighted by Gasteiger charge is -1.99. The number of rotatable bonds is 6. The highest BCUT2D eigenvalue weighted by atomic mass is 32.2. The summed E-state index contributed by atoms with van der Waals surface area (Å²) in [4.78, 5) is 12.6. The molecule has 0 saturated heterocycles. The minimum Gasteiger partial charge on any atom is -0.299 e. The lowest BCUT2D eigenvalue weighted by molar-refractivity contribution is -0.117. The molecule has 15 heavy (non-hydrogen) atoms. The van der Waals surface area contributed by atoms with Gasteiger partial charge in [0.15, 0.2) is 0 Å². The summed E-state index contributed by atoms with van der Waals surface area (Å²) >= 11 is 1.74. The normalized spacial score (nSPS) is 10.7. The van der Waals surface area contributed by atoms with Crippen LogP contribution in [0.15, 0.2) is 47.4 Å². The molecule has 0 aliphatic rings. The molecule has 0 saturated carbocycles. The van der Waals surface area contributed by atoms with Crippen molar-refractivity contribution in [1.29, 1.82) is 0 Å². The predicted molar refractivity (Wildman–Crippen MR) is 66.2 cm³/mol. The van der Waals surface area contributed by atoms with Crippen molar-refractivity contribution < 1.29 is 4.79 Å². The second kappa shape index (κ2) is 7.30. The molecule has 1 aromatic rings. The zero-order chi connectivity index (χ0) is 10.9. The number of benzene rings is 1. The lowest BCUT2D eigenvalue weighted by atomic mass is 10.2. The highest BCUT2D eigenvalue weighted by molar-refractivity contribution is 7.99. The zero-order valence-corrected chi connectivity index (χ0v) is 9.80. The Bertz CT molecular complexity index is 317. The van der Waals surface area contributed by atoms with Crippen LogP contribution >= 0.6 is 11.8 Å². The molecule has 1 nitrogen and oxygen atoms in total. The van der Waals surface area contributed by atoms with Crippen molar-refractivity contribution in [3.05, 3.63) is 42.5 Å². The van der Waals surface area contributed by atoms with Crippen molar-refractivity contribution in [1.82, 2.24) is 0 Å². The highest BCUT2D eigenvalue weighted by Gasteiger charge is 1.99. The van der Waals surface area contributed by atoms with Crippen LogP contribution in [0, 0.1) is 0 Å². The largest absolute Gasteiger partial charge is 0.299 e. The van der Waals surface area contributed by atoms with E-state index in [0.717, 1.165) is 5.75 Å². The molecule has 1 aromatic carbocycles. The van der Waals surface area contributed by atoms with Crippen LogP contribution in [0.2, 0.25) is 0 Å². The molecular formula is C13H16OS. The number of carbonyl (C=O) groups excluding carboxylic acids is 1. The summed E-state index contributed by atoms with van der Waals surface area (Å²) in [6.07, 6.45) is 5.06. The Kier molecular flexibility index (Phi) is 5.86. The van der Waals surface area contributed by atoms with Crippen molar-refractivity contribution in [2.75, 3.05) is 5.75 Å². The van der Waals surface area contributed by atoms with Crippen molar-refractivity contribution in [2.45, 2.75) is 24.7 Å². The summed E-state index contributed by atoms with van der Waals surface area (Å²) in [5.41, 5.74) is 0. The maximum atomic E-state index is 11.3. The first-order valence-corrected chi connectivity index (χ1v) is 6.12. The van der Waals surface area contributed by atoms with Gasteiger partial charge in [-0.15, -0.1) is 11.8 Å². The van der Waals surface area contributed by atoms with E-state index in [2.05, 4.69) is 12.1 Å². The van der Waals surface area contributed by atoms with E-state index in [4.69, 9.17) is 0 Å². The number of ketones is 1. The zero-order valence-electron chi connectivity index (χ0n) is 8.98. The Labute approximate surface area is 95.6 Å². The SMILES string of the molecule is C/C=C/CC(=O)CCSc1ccccc1. The Morgan fingerprint density at radius 2 is 2.07 bits per heavy atom. The van der Waals surface area contributed by atoms with E-state index < -0.39 is 0 Å². The number of hydrogen-bond donors (Lipinski definition) is 0. The summed E-state index contributed by atoms with van der Waals surface area (Å²) in [7, 11) is 0. The van der Waals surface area contributed by atoms with E-state index in [1.807, 2.05) is 37.3 Å². The number of carbonyl (C=O) groups is 1. The summed E-state index contributed by atoms with van der Waals surface area (Å²) < 4.78 is 0. The first-order valence-electron chi connectivity index (χ1n) is 5.13.